The van der Waals surface area contributed by atoms with Crippen LogP contribution in [-0.2, 0) is 14.3 Å². The molecule has 144 valence electrons. The molecule has 1 amide bonds. The van der Waals surface area contributed by atoms with E-state index in [1.807, 2.05) is 0 Å². The average molecular weight is 381 g/mol. The van der Waals surface area contributed by atoms with E-state index in [-0.39, 0.29) is 30.0 Å². The van der Waals surface area contributed by atoms with Crippen LogP contribution in [0, 0.1) is 0 Å². The van der Waals surface area contributed by atoms with Crippen molar-refractivity contribution in [3.8, 4) is 5.75 Å². The molecule has 0 spiro atoms. The molecule has 3 rings (SSSR count). The number of carbonyl (C=O) groups is 4. The zero-order valence-electron chi connectivity index (χ0n) is 15.5. The summed E-state index contributed by atoms with van der Waals surface area (Å²) in [6.07, 6.45) is 0. The summed E-state index contributed by atoms with van der Waals surface area (Å²) in [7, 11) is 0. The predicted octanol–water partition coefficient (Wildman–Crippen LogP) is 2.75. The fourth-order valence-corrected chi connectivity index (χ4v) is 2.79. The molecule has 0 saturated heterocycles. The standard InChI is InChI=1S/C21H19NO6/c1-12-17-9-15(5-8-18(17)22-21(12)26)19(24)10-28-20(25)11-27-16-6-3-14(4-7-16)13(2)23/h3-9,12H,10-11H2,1-2H3,(H,22,26)/t12-/m0/s1. The maximum atomic E-state index is 12.3. The lowest BCUT2D eigenvalue weighted by Gasteiger charge is -2.08. The molecule has 7 nitrogen and oxygen atoms in total. The quantitative estimate of drug-likeness (QED) is 0.585. The van der Waals surface area contributed by atoms with Gasteiger partial charge in [0.15, 0.2) is 24.8 Å². The molecule has 28 heavy (non-hydrogen) atoms. The second-order valence-electron chi connectivity index (χ2n) is 6.47. The number of amides is 1. The summed E-state index contributed by atoms with van der Waals surface area (Å²) in [6.45, 7) is 2.45. The summed E-state index contributed by atoms with van der Waals surface area (Å²) in [5, 5.41) is 2.73. The molecule has 1 heterocycles. The average Bonchev–Trinajstić information content (AvgIpc) is 2.98. The van der Waals surface area contributed by atoms with Crippen LogP contribution in [0.5, 0.6) is 5.75 Å². The van der Waals surface area contributed by atoms with Crippen molar-refractivity contribution in [3.05, 3.63) is 59.2 Å². The zero-order chi connectivity index (χ0) is 20.3. The first-order chi connectivity index (χ1) is 13.3. The molecular weight excluding hydrogens is 362 g/mol. The van der Waals surface area contributed by atoms with E-state index in [1.54, 1.807) is 49.4 Å². The monoisotopic (exact) mass is 381 g/mol. The first kappa shape index (κ1) is 19.3. The van der Waals surface area contributed by atoms with Crippen LogP contribution in [-0.4, -0.2) is 36.7 Å². The highest BCUT2D eigenvalue weighted by atomic mass is 16.6. The molecule has 0 fully saturated rings. The molecule has 0 aromatic heterocycles. The maximum Gasteiger partial charge on any atom is 0.344 e. The van der Waals surface area contributed by atoms with Crippen molar-refractivity contribution in [2.24, 2.45) is 0 Å². The molecule has 0 unspecified atom stereocenters. The Bertz CT molecular complexity index is 948. The summed E-state index contributed by atoms with van der Waals surface area (Å²) >= 11 is 0. The van der Waals surface area contributed by atoms with Crippen LogP contribution in [0.2, 0.25) is 0 Å². The van der Waals surface area contributed by atoms with Crippen molar-refractivity contribution in [2.45, 2.75) is 19.8 Å². The number of hydrogen-bond donors (Lipinski definition) is 1. The molecule has 0 radical (unpaired) electrons. The third-order valence-electron chi connectivity index (χ3n) is 4.47. The first-order valence-electron chi connectivity index (χ1n) is 8.72. The van der Waals surface area contributed by atoms with Gasteiger partial charge in [0.2, 0.25) is 5.91 Å². The Balaban J connectivity index is 1.50. The van der Waals surface area contributed by atoms with E-state index in [2.05, 4.69) is 5.32 Å². The van der Waals surface area contributed by atoms with Gasteiger partial charge in [-0.05, 0) is 61.9 Å². The molecule has 2 aromatic rings. The van der Waals surface area contributed by atoms with E-state index in [0.29, 0.717) is 22.6 Å². The molecule has 2 aromatic carbocycles. The highest BCUT2D eigenvalue weighted by molar-refractivity contribution is 6.05. The minimum absolute atomic E-state index is 0.0643. The fraction of sp³-hybridized carbons (Fsp3) is 0.238. The van der Waals surface area contributed by atoms with Gasteiger partial charge in [-0.3, -0.25) is 14.4 Å². The Morgan fingerprint density at radius 2 is 1.68 bits per heavy atom. The molecular formula is C21H19NO6. The predicted molar refractivity (Wildman–Crippen MR) is 101 cm³/mol. The number of carbonyl (C=O) groups excluding carboxylic acids is 4. The van der Waals surface area contributed by atoms with Gasteiger partial charge in [0.05, 0.1) is 5.92 Å². The van der Waals surface area contributed by atoms with Gasteiger partial charge in [0.1, 0.15) is 5.75 Å². The normalized spacial score (nSPS) is 14.8. The van der Waals surface area contributed by atoms with Crippen LogP contribution in [0.15, 0.2) is 42.5 Å². The number of Topliss-reactive ketones (excluding diaryl/α,β-unsaturated/α-hetero) is 2. The van der Waals surface area contributed by atoms with Gasteiger partial charge in [0.25, 0.3) is 0 Å². The van der Waals surface area contributed by atoms with E-state index >= 15 is 0 Å². The Morgan fingerprint density at radius 3 is 2.36 bits per heavy atom. The van der Waals surface area contributed by atoms with Crippen LogP contribution in [0.4, 0.5) is 5.69 Å². The number of hydrogen-bond acceptors (Lipinski definition) is 6. The van der Waals surface area contributed by atoms with Crippen LogP contribution < -0.4 is 10.1 Å². The van der Waals surface area contributed by atoms with Crippen molar-refractivity contribution >= 4 is 29.1 Å². The molecule has 1 atom stereocenters. The molecule has 0 bridgehead atoms. The van der Waals surface area contributed by atoms with E-state index in [1.165, 1.54) is 6.92 Å². The first-order valence-corrected chi connectivity index (χ1v) is 8.72. The number of ether oxygens (including phenoxy) is 2. The van der Waals surface area contributed by atoms with Crippen LogP contribution in [0.25, 0.3) is 0 Å². The highest BCUT2D eigenvalue weighted by Gasteiger charge is 2.27. The Labute approximate surface area is 161 Å². The van der Waals surface area contributed by atoms with E-state index in [4.69, 9.17) is 9.47 Å². The Morgan fingerprint density at radius 1 is 1.00 bits per heavy atom. The van der Waals surface area contributed by atoms with Gasteiger partial charge < -0.3 is 14.8 Å². The lowest BCUT2D eigenvalue weighted by molar-refractivity contribution is -0.144. The van der Waals surface area contributed by atoms with Gasteiger partial charge in [-0.1, -0.05) is 0 Å². The molecule has 7 heteroatoms. The number of fused-ring (bicyclic) bond motifs is 1. The van der Waals surface area contributed by atoms with Crippen molar-refractivity contribution in [3.63, 3.8) is 0 Å². The topological polar surface area (TPSA) is 98.8 Å². The van der Waals surface area contributed by atoms with Gasteiger partial charge in [0, 0.05) is 16.8 Å². The van der Waals surface area contributed by atoms with Crippen LogP contribution in [0.1, 0.15) is 46.0 Å². The zero-order valence-corrected chi connectivity index (χ0v) is 15.5. The Hall–Kier alpha value is -3.48. The van der Waals surface area contributed by atoms with Crippen LogP contribution >= 0.6 is 0 Å². The third kappa shape index (κ3) is 4.25. The molecule has 1 N–H and O–H groups in total. The van der Waals surface area contributed by atoms with Gasteiger partial charge in [-0.25, -0.2) is 4.79 Å². The lowest BCUT2D eigenvalue weighted by Crippen LogP contribution is -2.19. The highest BCUT2D eigenvalue weighted by Crippen LogP contribution is 2.32. The SMILES string of the molecule is CC(=O)c1ccc(OCC(=O)OCC(=O)c2ccc3c(c2)[C@H](C)C(=O)N3)cc1. The van der Waals surface area contributed by atoms with E-state index in [9.17, 15) is 19.2 Å². The number of rotatable bonds is 7. The molecule has 1 aliphatic heterocycles. The minimum Gasteiger partial charge on any atom is -0.482 e. The molecule has 1 aliphatic rings. The molecule has 0 aliphatic carbocycles. The molecule has 0 saturated carbocycles. The summed E-state index contributed by atoms with van der Waals surface area (Å²) in [4.78, 5) is 46.9. The van der Waals surface area contributed by atoms with E-state index in [0.717, 1.165) is 5.56 Å². The lowest BCUT2D eigenvalue weighted by atomic mass is 9.99. The fourth-order valence-electron chi connectivity index (χ4n) is 2.79. The van der Waals surface area contributed by atoms with Crippen molar-refractivity contribution < 1.29 is 28.7 Å². The number of nitrogens with one attached hydrogen (secondary N) is 1. The summed E-state index contributed by atoms with van der Waals surface area (Å²) < 4.78 is 10.2. The van der Waals surface area contributed by atoms with Crippen molar-refractivity contribution in [1.82, 2.24) is 0 Å². The second kappa shape index (κ2) is 8.04. The Kier molecular flexibility index (Phi) is 5.54. The number of ketones is 2. The van der Waals surface area contributed by atoms with Crippen LogP contribution in [0.3, 0.4) is 0 Å². The minimum atomic E-state index is -0.685. The summed E-state index contributed by atoms with van der Waals surface area (Å²) in [6, 6.07) is 11.2. The number of benzene rings is 2. The second-order valence-corrected chi connectivity index (χ2v) is 6.47. The smallest absolute Gasteiger partial charge is 0.344 e. The van der Waals surface area contributed by atoms with Crippen molar-refractivity contribution in [1.29, 1.82) is 0 Å². The maximum absolute atomic E-state index is 12.3. The van der Waals surface area contributed by atoms with Gasteiger partial charge in [-0.2, -0.15) is 0 Å². The number of anilines is 1. The summed E-state index contributed by atoms with van der Waals surface area (Å²) in [5.41, 5.74) is 2.35. The third-order valence-corrected chi connectivity index (χ3v) is 4.47. The van der Waals surface area contributed by atoms with Gasteiger partial charge in [-0.15, -0.1) is 0 Å². The largest absolute Gasteiger partial charge is 0.482 e. The van der Waals surface area contributed by atoms with E-state index < -0.39 is 12.6 Å². The number of esters is 1. The summed E-state index contributed by atoms with van der Waals surface area (Å²) in [5.74, 6) is -1.14. The van der Waals surface area contributed by atoms with Crippen molar-refractivity contribution in [2.75, 3.05) is 18.5 Å². The van der Waals surface area contributed by atoms with Gasteiger partial charge >= 0.3 is 5.97 Å².